The summed E-state index contributed by atoms with van der Waals surface area (Å²) in [5.41, 5.74) is 2.58. The molecule has 0 aliphatic heterocycles. The summed E-state index contributed by atoms with van der Waals surface area (Å²) in [6, 6.07) is 12.8. The lowest BCUT2D eigenvalue weighted by molar-refractivity contribution is -0.111. The van der Waals surface area contributed by atoms with Crippen LogP contribution >= 0.6 is 11.6 Å². The van der Waals surface area contributed by atoms with E-state index in [-0.39, 0.29) is 5.91 Å². The number of hydrogen-bond donors (Lipinski definition) is 2. The summed E-state index contributed by atoms with van der Waals surface area (Å²) in [6.45, 7) is 0. The molecule has 1 aromatic heterocycles. The van der Waals surface area contributed by atoms with Crippen molar-refractivity contribution in [3.8, 4) is 0 Å². The SMILES string of the molecule is O=C(/C=C/c1ccc(Cl)cc1)Nc1ccc2[nH]ncc2c1. The zero-order valence-electron chi connectivity index (χ0n) is 11.0. The van der Waals surface area contributed by atoms with Crippen LogP contribution in [0.2, 0.25) is 5.02 Å². The molecule has 2 aromatic carbocycles. The molecule has 2 N–H and O–H groups in total. The summed E-state index contributed by atoms with van der Waals surface area (Å²) >= 11 is 5.81. The second-order valence-corrected chi connectivity index (χ2v) is 4.98. The number of anilines is 1. The monoisotopic (exact) mass is 297 g/mol. The van der Waals surface area contributed by atoms with Crippen LogP contribution in [0.25, 0.3) is 17.0 Å². The third-order valence-electron chi connectivity index (χ3n) is 3.00. The Morgan fingerprint density at radius 3 is 2.81 bits per heavy atom. The van der Waals surface area contributed by atoms with Crippen molar-refractivity contribution in [3.05, 3.63) is 65.3 Å². The van der Waals surface area contributed by atoms with Crippen LogP contribution in [-0.2, 0) is 4.79 Å². The Bertz CT molecular complexity index is 806. The second kappa shape index (κ2) is 5.81. The fourth-order valence-electron chi connectivity index (χ4n) is 1.95. The molecule has 5 heteroatoms. The molecule has 0 saturated heterocycles. The molecule has 0 aliphatic carbocycles. The van der Waals surface area contributed by atoms with Crippen molar-refractivity contribution in [1.29, 1.82) is 0 Å². The highest BCUT2D eigenvalue weighted by molar-refractivity contribution is 6.30. The van der Waals surface area contributed by atoms with Crippen LogP contribution in [0.4, 0.5) is 5.69 Å². The Hall–Kier alpha value is -2.59. The van der Waals surface area contributed by atoms with E-state index in [2.05, 4.69) is 15.5 Å². The second-order valence-electron chi connectivity index (χ2n) is 4.55. The average Bonchev–Trinajstić information content (AvgIpc) is 2.94. The Kier molecular flexibility index (Phi) is 3.71. The van der Waals surface area contributed by atoms with Gasteiger partial charge in [-0.25, -0.2) is 0 Å². The largest absolute Gasteiger partial charge is 0.322 e. The maximum atomic E-state index is 11.9. The van der Waals surface area contributed by atoms with E-state index in [1.54, 1.807) is 24.4 Å². The van der Waals surface area contributed by atoms with Crippen LogP contribution in [0.3, 0.4) is 0 Å². The van der Waals surface area contributed by atoms with Crippen LogP contribution in [0.15, 0.2) is 54.7 Å². The molecular weight excluding hydrogens is 286 g/mol. The number of carbonyl (C=O) groups is 1. The quantitative estimate of drug-likeness (QED) is 0.721. The van der Waals surface area contributed by atoms with Crippen LogP contribution in [0.5, 0.6) is 0 Å². The number of benzene rings is 2. The molecule has 1 heterocycles. The smallest absolute Gasteiger partial charge is 0.248 e. The van der Waals surface area contributed by atoms with Gasteiger partial charge in [0.1, 0.15) is 0 Å². The number of carbonyl (C=O) groups excluding carboxylic acids is 1. The summed E-state index contributed by atoms with van der Waals surface area (Å²) in [7, 11) is 0. The molecule has 0 fully saturated rings. The number of aromatic nitrogens is 2. The molecule has 0 spiro atoms. The minimum atomic E-state index is -0.187. The lowest BCUT2D eigenvalue weighted by atomic mass is 10.2. The van der Waals surface area contributed by atoms with E-state index in [4.69, 9.17) is 11.6 Å². The van der Waals surface area contributed by atoms with Crippen molar-refractivity contribution in [1.82, 2.24) is 10.2 Å². The zero-order valence-corrected chi connectivity index (χ0v) is 11.8. The first-order chi connectivity index (χ1) is 10.2. The molecule has 0 unspecified atom stereocenters. The van der Waals surface area contributed by atoms with Gasteiger partial charge in [0, 0.05) is 22.2 Å². The number of aromatic amines is 1. The fourth-order valence-corrected chi connectivity index (χ4v) is 2.08. The van der Waals surface area contributed by atoms with E-state index in [9.17, 15) is 4.79 Å². The Morgan fingerprint density at radius 1 is 1.19 bits per heavy atom. The van der Waals surface area contributed by atoms with E-state index in [0.29, 0.717) is 5.02 Å². The molecule has 0 radical (unpaired) electrons. The maximum Gasteiger partial charge on any atom is 0.248 e. The van der Waals surface area contributed by atoms with E-state index in [1.807, 2.05) is 30.3 Å². The molecule has 21 heavy (non-hydrogen) atoms. The van der Waals surface area contributed by atoms with Gasteiger partial charge in [0.15, 0.2) is 0 Å². The van der Waals surface area contributed by atoms with Gasteiger partial charge in [-0.15, -0.1) is 0 Å². The van der Waals surface area contributed by atoms with Gasteiger partial charge in [0.25, 0.3) is 0 Å². The summed E-state index contributed by atoms with van der Waals surface area (Å²) < 4.78 is 0. The first-order valence-electron chi connectivity index (χ1n) is 6.38. The number of rotatable bonds is 3. The van der Waals surface area contributed by atoms with E-state index in [1.165, 1.54) is 6.08 Å². The van der Waals surface area contributed by atoms with Gasteiger partial charge in [-0.3, -0.25) is 9.89 Å². The molecule has 0 aliphatic rings. The van der Waals surface area contributed by atoms with Crippen molar-refractivity contribution in [2.75, 3.05) is 5.32 Å². The van der Waals surface area contributed by atoms with Gasteiger partial charge >= 0.3 is 0 Å². The molecule has 0 bridgehead atoms. The number of nitrogens with one attached hydrogen (secondary N) is 2. The third kappa shape index (κ3) is 3.30. The van der Waals surface area contributed by atoms with Crippen molar-refractivity contribution in [2.45, 2.75) is 0 Å². The maximum absolute atomic E-state index is 11.9. The van der Waals surface area contributed by atoms with E-state index in [0.717, 1.165) is 22.2 Å². The average molecular weight is 298 g/mol. The predicted octanol–water partition coefficient (Wildman–Crippen LogP) is 3.87. The van der Waals surface area contributed by atoms with Crippen molar-refractivity contribution in [2.24, 2.45) is 0 Å². The molecule has 0 saturated carbocycles. The Morgan fingerprint density at radius 2 is 2.00 bits per heavy atom. The summed E-state index contributed by atoms with van der Waals surface area (Å²) in [5.74, 6) is -0.187. The minimum absolute atomic E-state index is 0.187. The molecule has 4 nitrogen and oxygen atoms in total. The van der Waals surface area contributed by atoms with Crippen LogP contribution in [0.1, 0.15) is 5.56 Å². The van der Waals surface area contributed by atoms with Crippen LogP contribution < -0.4 is 5.32 Å². The highest BCUT2D eigenvalue weighted by Gasteiger charge is 2.01. The summed E-state index contributed by atoms with van der Waals surface area (Å²) in [6.07, 6.45) is 4.94. The zero-order chi connectivity index (χ0) is 14.7. The lowest BCUT2D eigenvalue weighted by Crippen LogP contribution is -2.07. The van der Waals surface area contributed by atoms with Crippen molar-refractivity contribution >= 4 is 40.2 Å². The topological polar surface area (TPSA) is 57.8 Å². The Labute approximate surface area is 126 Å². The normalized spacial score (nSPS) is 11.1. The summed E-state index contributed by atoms with van der Waals surface area (Å²) in [4.78, 5) is 11.9. The number of fused-ring (bicyclic) bond motifs is 1. The van der Waals surface area contributed by atoms with Crippen LogP contribution in [-0.4, -0.2) is 16.1 Å². The fraction of sp³-hybridized carbons (Fsp3) is 0. The number of amides is 1. The molecular formula is C16H12ClN3O. The standard InChI is InChI=1S/C16H12ClN3O/c17-13-4-1-11(2-5-13)3-8-16(21)19-14-6-7-15-12(9-14)10-18-20-15/h1-10H,(H,18,20)(H,19,21)/b8-3+. The van der Waals surface area contributed by atoms with Gasteiger partial charge in [0.2, 0.25) is 5.91 Å². The first kappa shape index (κ1) is 13.4. The van der Waals surface area contributed by atoms with Gasteiger partial charge in [-0.1, -0.05) is 23.7 Å². The van der Waals surface area contributed by atoms with Gasteiger partial charge in [-0.2, -0.15) is 5.10 Å². The molecule has 3 aromatic rings. The third-order valence-corrected chi connectivity index (χ3v) is 3.26. The Balaban J connectivity index is 1.69. The van der Waals surface area contributed by atoms with Crippen molar-refractivity contribution < 1.29 is 4.79 Å². The van der Waals surface area contributed by atoms with E-state index >= 15 is 0 Å². The predicted molar refractivity (Wildman–Crippen MR) is 85.2 cm³/mol. The lowest BCUT2D eigenvalue weighted by Gasteiger charge is -2.02. The first-order valence-corrected chi connectivity index (χ1v) is 6.76. The van der Waals surface area contributed by atoms with Crippen LogP contribution in [0, 0.1) is 0 Å². The van der Waals surface area contributed by atoms with Crippen molar-refractivity contribution in [3.63, 3.8) is 0 Å². The number of H-pyrrole nitrogens is 1. The molecule has 3 rings (SSSR count). The number of hydrogen-bond acceptors (Lipinski definition) is 2. The van der Waals surface area contributed by atoms with E-state index < -0.39 is 0 Å². The minimum Gasteiger partial charge on any atom is -0.322 e. The molecule has 0 atom stereocenters. The number of nitrogens with zero attached hydrogens (tertiary/aromatic N) is 1. The molecule has 1 amide bonds. The number of halogens is 1. The van der Waals surface area contributed by atoms with Gasteiger partial charge in [0.05, 0.1) is 11.7 Å². The van der Waals surface area contributed by atoms with Gasteiger partial charge in [-0.05, 0) is 42.0 Å². The highest BCUT2D eigenvalue weighted by Crippen LogP contribution is 2.17. The summed E-state index contributed by atoms with van der Waals surface area (Å²) in [5, 5.41) is 11.2. The van der Waals surface area contributed by atoms with Gasteiger partial charge < -0.3 is 5.32 Å². The molecule has 104 valence electrons. The highest BCUT2D eigenvalue weighted by atomic mass is 35.5.